The van der Waals surface area contributed by atoms with Gasteiger partial charge in [-0.2, -0.15) is 13.2 Å². The highest BCUT2D eigenvalue weighted by atomic mass is 19.4. The number of aliphatic carboxylic acids is 1. The fraction of sp³-hybridized carbons (Fsp3) is 0.379. The SMILES string of the molecule is O=C(O)[C@H]1CC2C[C@@H]1c1cnc(OCc3ccc4c(c3)C(c3ccccc3C(F)(F)F)CCC4)cc12. The number of nitrogens with zero attached hydrogens (tertiary/aromatic N) is 1. The zero-order valence-corrected chi connectivity index (χ0v) is 19.6. The van der Waals surface area contributed by atoms with E-state index in [-0.39, 0.29) is 30.3 Å². The van der Waals surface area contributed by atoms with E-state index in [4.69, 9.17) is 4.74 Å². The fourth-order valence-corrected chi connectivity index (χ4v) is 6.59. The molecule has 4 atom stereocenters. The number of alkyl halides is 3. The quantitative estimate of drug-likeness (QED) is 0.424. The van der Waals surface area contributed by atoms with E-state index < -0.39 is 17.7 Å². The van der Waals surface area contributed by atoms with Gasteiger partial charge in [-0.1, -0.05) is 36.4 Å². The van der Waals surface area contributed by atoms with Crippen LogP contribution in [0.5, 0.6) is 5.88 Å². The van der Waals surface area contributed by atoms with Gasteiger partial charge in [0, 0.05) is 18.2 Å². The monoisotopic (exact) mass is 493 g/mol. The molecule has 0 spiro atoms. The predicted octanol–water partition coefficient (Wildman–Crippen LogP) is 6.82. The van der Waals surface area contributed by atoms with Crippen LogP contribution in [0.2, 0.25) is 0 Å². The Bertz CT molecular complexity index is 1340. The van der Waals surface area contributed by atoms with Crippen LogP contribution >= 0.6 is 0 Å². The largest absolute Gasteiger partial charge is 0.481 e. The summed E-state index contributed by atoms with van der Waals surface area (Å²) in [4.78, 5) is 15.9. The molecule has 2 bridgehead atoms. The molecule has 3 aliphatic rings. The van der Waals surface area contributed by atoms with Gasteiger partial charge in [0.1, 0.15) is 6.61 Å². The number of pyridine rings is 1. The summed E-state index contributed by atoms with van der Waals surface area (Å²) >= 11 is 0. The lowest BCUT2D eigenvalue weighted by Gasteiger charge is -2.28. The lowest BCUT2D eigenvalue weighted by molar-refractivity contribution is -0.142. The maximum absolute atomic E-state index is 13.7. The maximum atomic E-state index is 13.7. The van der Waals surface area contributed by atoms with E-state index in [0.717, 1.165) is 47.1 Å². The minimum absolute atomic E-state index is 0.0289. The Morgan fingerprint density at radius 1 is 1.03 bits per heavy atom. The molecule has 1 saturated carbocycles. The van der Waals surface area contributed by atoms with Crippen molar-refractivity contribution >= 4 is 5.97 Å². The van der Waals surface area contributed by atoms with E-state index in [2.05, 4.69) is 4.98 Å². The summed E-state index contributed by atoms with van der Waals surface area (Å²) in [6.45, 7) is 0.262. The molecular weight excluding hydrogens is 467 g/mol. The summed E-state index contributed by atoms with van der Waals surface area (Å²) in [6, 6.07) is 13.8. The third-order valence-corrected chi connectivity index (χ3v) is 8.22. The van der Waals surface area contributed by atoms with Crippen molar-refractivity contribution in [1.29, 1.82) is 0 Å². The van der Waals surface area contributed by atoms with E-state index in [1.54, 1.807) is 18.3 Å². The van der Waals surface area contributed by atoms with Crippen molar-refractivity contribution in [3.8, 4) is 5.88 Å². The zero-order valence-electron chi connectivity index (χ0n) is 19.6. The van der Waals surface area contributed by atoms with Crippen LogP contribution in [0.15, 0.2) is 54.7 Å². The molecule has 6 rings (SSSR count). The summed E-state index contributed by atoms with van der Waals surface area (Å²) in [7, 11) is 0. The number of carboxylic acid groups (broad SMARTS) is 1. The minimum atomic E-state index is -4.39. The normalized spacial score (nSPS) is 24.3. The van der Waals surface area contributed by atoms with Crippen LogP contribution in [0.4, 0.5) is 13.2 Å². The third kappa shape index (κ3) is 3.94. The van der Waals surface area contributed by atoms with Gasteiger partial charge in [-0.3, -0.25) is 4.79 Å². The Morgan fingerprint density at radius 2 is 1.86 bits per heavy atom. The average Bonchev–Trinajstić information content (AvgIpc) is 3.46. The van der Waals surface area contributed by atoms with Crippen LogP contribution in [-0.4, -0.2) is 16.1 Å². The lowest BCUT2D eigenvalue weighted by Crippen LogP contribution is -2.20. The molecule has 0 aliphatic heterocycles. The second kappa shape index (κ2) is 8.64. The molecule has 1 aromatic heterocycles. The summed E-state index contributed by atoms with van der Waals surface area (Å²) < 4.78 is 47.2. The number of aromatic nitrogens is 1. The number of ether oxygens (including phenoxy) is 1. The molecule has 0 radical (unpaired) electrons. The summed E-state index contributed by atoms with van der Waals surface area (Å²) in [5, 5.41) is 9.46. The van der Waals surface area contributed by atoms with Crippen molar-refractivity contribution in [3.63, 3.8) is 0 Å². The highest BCUT2D eigenvalue weighted by Gasteiger charge is 2.47. The summed E-state index contributed by atoms with van der Waals surface area (Å²) in [5.74, 6) is -0.623. The van der Waals surface area contributed by atoms with Gasteiger partial charge in [-0.05, 0) is 83.4 Å². The van der Waals surface area contributed by atoms with E-state index in [1.807, 2.05) is 24.3 Å². The lowest BCUT2D eigenvalue weighted by atomic mass is 9.77. The molecule has 7 heteroatoms. The van der Waals surface area contributed by atoms with E-state index >= 15 is 0 Å². The van der Waals surface area contributed by atoms with Crippen molar-refractivity contribution in [3.05, 3.63) is 93.7 Å². The van der Waals surface area contributed by atoms with Crippen LogP contribution in [-0.2, 0) is 24.0 Å². The van der Waals surface area contributed by atoms with Crippen LogP contribution < -0.4 is 4.74 Å². The van der Waals surface area contributed by atoms with E-state index in [0.29, 0.717) is 24.3 Å². The number of carbonyl (C=O) groups is 1. The summed E-state index contributed by atoms with van der Waals surface area (Å²) in [6.07, 6.45) is 1.25. The van der Waals surface area contributed by atoms with Gasteiger partial charge in [0.05, 0.1) is 11.5 Å². The van der Waals surface area contributed by atoms with Crippen molar-refractivity contribution in [1.82, 2.24) is 4.98 Å². The Balaban J connectivity index is 1.23. The van der Waals surface area contributed by atoms with Crippen molar-refractivity contribution in [2.24, 2.45) is 5.92 Å². The molecule has 1 heterocycles. The molecular formula is C29H26F3NO3. The van der Waals surface area contributed by atoms with Crippen LogP contribution in [0.25, 0.3) is 0 Å². The fourth-order valence-electron chi connectivity index (χ4n) is 6.59. The predicted molar refractivity (Wildman–Crippen MR) is 127 cm³/mol. The van der Waals surface area contributed by atoms with Crippen LogP contribution in [0, 0.1) is 5.92 Å². The van der Waals surface area contributed by atoms with Crippen molar-refractivity contribution in [2.45, 2.75) is 62.6 Å². The van der Waals surface area contributed by atoms with Gasteiger partial charge in [0.15, 0.2) is 0 Å². The Hall–Kier alpha value is -3.35. The number of halogens is 3. The molecule has 3 aliphatic carbocycles. The van der Waals surface area contributed by atoms with Gasteiger partial charge in [-0.25, -0.2) is 4.98 Å². The number of carboxylic acids is 1. The highest BCUT2D eigenvalue weighted by molar-refractivity contribution is 5.73. The number of rotatable bonds is 5. The van der Waals surface area contributed by atoms with Crippen molar-refractivity contribution < 1.29 is 27.8 Å². The Morgan fingerprint density at radius 3 is 2.67 bits per heavy atom. The van der Waals surface area contributed by atoms with Gasteiger partial charge >= 0.3 is 12.1 Å². The van der Waals surface area contributed by atoms with Crippen LogP contribution in [0.3, 0.4) is 0 Å². The summed E-state index contributed by atoms with van der Waals surface area (Å²) in [5.41, 5.74) is 4.84. The van der Waals surface area contributed by atoms with Gasteiger partial charge in [-0.15, -0.1) is 0 Å². The number of hydrogen-bond acceptors (Lipinski definition) is 3. The van der Waals surface area contributed by atoms with Gasteiger partial charge in [0.25, 0.3) is 0 Å². The molecule has 4 nitrogen and oxygen atoms in total. The second-order valence-corrected chi connectivity index (χ2v) is 10.2. The molecule has 2 unspecified atom stereocenters. The zero-order chi connectivity index (χ0) is 25.0. The van der Waals surface area contributed by atoms with Crippen LogP contribution in [0.1, 0.15) is 82.4 Å². The maximum Gasteiger partial charge on any atom is 0.416 e. The number of hydrogen-bond donors (Lipinski definition) is 1. The molecule has 0 saturated heterocycles. The molecule has 36 heavy (non-hydrogen) atoms. The second-order valence-electron chi connectivity index (χ2n) is 10.2. The highest BCUT2D eigenvalue weighted by Crippen LogP contribution is 2.56. The standard InChI is InChI=1S/C29H26F3NO3/c30-29(31,32)26-7-2-1-5-20(26)19-6-3-4-17-9-8-16(10-21(17)19)15-36-27-13-22-18-11-23(25(22)14-33-27)24(12-18)28(34)35/h1-2,5,7-10,13-14,18-19,23-24H,3-4,6,11-12,15H2,(H,34,35)/t18?,19?,23-,24-/m0/s1. The smallest absolute Gasteiger partial charge is 0.416 e. The number of aryl methyl sites for hydroxylation is 1. The molecule has 1 N–H and O–H groups in total. The van der Waals surface area contributed by atoms with Gasteiger partial charge < -0.3 is 9.84 Å². The first-order valence-corrected chi connectivity index (χ1v) is 12.4. The van der Waals surface area contributed by atoms with E-state index in [1.165, 1.54) is 12.1 Å². The third-order valence-electron chi connectivity index (χ3n) is 8.22. The first-order valence-electron chi connectivity index (χ1n) is 12.4. The number of fused-ring (bicyclic) bond motifs is 6. The molecule has 2 aromatic carbocycles. The molecule has 1 fully saturated rings. The van der Waals surface area contributed by atoms with Gasteiger partial charge in [0.2, 0.25) is 5.88 Å². The number of benzene rings is 2. The minimum Gasteiger partial charge on any atom is -0.481 e. The average molecular weight is 494 g/mol. The topological polar surface area (TPSA) is 59.4 Å². The van der Waals surface area contributed by atoms with E-state index in [9.17, 15) is 23.1 Å². The molecule has 186 valence electrons. The Labute approximate surface area is 207 Å². The first kappa shape index (κ1) is 23.1. The molecule has 3 aromatic rings. The first-order chi connectivity index (χ1) is 17.3. The van der Waals surface area contributed by atoms with Crippen molar-refractivity contribution in [2.75, 3.05) is 0 Å². The Kier molecular flexibility index (Phi) is 5.54. The molecule has 0 amide bonds.